The predicted molar refractivity (Wildman–Crippen MR) is 221 cm³/mol. The molecule has 0 amide bonds. The third-order valence-electron chi connectivity index (χ3n) is 9.50. The van der Waals surface area contributed by atoms with Crippen molar-refractivity contribution in [2.45, 2.75) is 98.6 Å². The SMILES string of the molecule is CC.CCCCOc1cc(N)ccc1C(=O)OCC(C(C)CC)N1CCCCC1.CCOc1cc(N)ccc1C(=O)OC[C@H](Cc1ccccc1)N(C)C. The van der Waals surface area contributed by atoms with Crippen molar-refractivity contribution < 1.29 is 28.5 Å². The van der Waals surface area contributed by atoms with Crippen molar-refractivity contribution in [3.05, 3.63) is 83.4 Å². The zero-order chi connectivity index (χ0) is 39.9. The minimum absolute atomic E-state index is 0.0932. The molecule has 0 aliphatic carbocycles. The summed E-state index contributed by atoms with van der Waals surface area (Å²) < 4.78 is 22.6. The van der Waals surface area contributed by atoms with Crippen molar-refractivity contribution in [3.8, 4) is 11.5 Å². The second-order valence-corrected chi connectivity index (χ2v) is 13.7. The number of carbonyl (C=O) groups excluding carboxylic acids is 2. The molecule has 3 aromatic carbocycles. The van der Waals surface area contributed by atoms with Crippen LogP contribution >= 0.6 is 0 Å². The molecular weight excluding hydrogens is 681 g/mol. The van der Waals surface area contributed by atoms with Gasteiger partial charge in [0.15, 0.2) is 0 Å². The lowest BCUT2D eigenvalue weighted by atomic mass is 9.96. The predicted octanol–water partition coefficient (Wildman–Crippen LogP) is 8.53. The van der Waals surface area contributed by atoms with Gasteiger partial charge in [0.2, 0.25) is 0 Å². The summed E-state index contributed by atoms with van der Waals surface area (Å²) >= 11 is 0. The van der Waals surface area contributed by atoms with E-state index in [0.717, 1.165) is 38.8 Å². The lowest BCUT2D eigenvalue weighted by Crippen LogP contribution is -2.46. The normalized spacial score (nSPS) is 14.3. The highest BCUT2D eigenvalue weighted by atomic mass is 16.5. The van der Waals surface area contributed by atoms with Crippen molar-refractivity contribution in [2.24, 2.45) is 5.92 Å². The van der Waals surface area contributed by atoms with E-state index in [1.165, 1.54) is 24.8 Å². The van der Waals surface area contributed by atoms with Gasteiger partial charge >= 0.3 is 11.9 Å². The Morgan fingerprint density at radius 3 is 1.85 bits per heavy atom. The van der Waals surface area contributed by atoms with Gasteiger partial charge in [-0.2, -0.15) is 0 Å². The van der Waals surface area contributed by atoms with Crippen LogP contribution in [0.15, 0.2) is 66.7 Å². The van der Waals surface area contributed by atoms with Gasteiger partial charge in [-0.1, -0.05) is 84.2 Å². The number of hydrogen-bond donors (Lipinski definition) is 2. The van der Waals surface area contributed by atoms with Crippen LogP contribution in [0.2, 0.25) is 0 Å². The number of rotatable bonds is 18. The summed E-state index contributed by atoms with van der Waals surface area (Å²) in [6.07, 6.45) is 7.62. The smallest absolute Gasteiger partial charge is 0.341 e. The number of benzene rings is 3. The van der Waals surface area contributed by atoms with Crippen LogP contribution in [-0.2, 0) is 15.9 Å². The molecule has 3 atom stereocenters. The van der Waals surface area contributed by atoms with E-state index in [4.69, 9.17) is 30.4 Å². The van der Waals surface area contributed by atoms with E-state index in [0.29, 0.717) is 66.3 Å². The summed E-state index contributed by atoms with van der Waals surface area (Å²) in [4.78, 5) is 29.8. The molecule has 1 fully saturated rings. The molecule has 0 saturated carbocycles. The quantitative estimate of drug-likeness (QED) is 0.0742. The number of anilines is 2. The van der Waals surface area contributed by atoms with E-state index in [9.17, 15) is 9.59 Å². The van der Waals surface area contributed by atoms with Crippen molar-refractivity contribution in [3.63, 3.8) is 0 Å². The molecule has 54 heavy (non-hydrogen) atoms. The van der Waals surface area contributed by atoms with Crippen LogP contribution in [-0.4, -0.2) is 87.4 Å². The van der Waals surface area contributed by atoms with Gasteiger partial charge in [-0.05, 0) is 95.5 Å². The van der Waals surface area contributed by atoms with Crippen LogP contribution in [0.5, 0.6) is 11.5 Å². The molecule has 0 aromatic heterocycles. The minimum atomic E-state index is -0.400. The number of esters is 2. The molecule has 3 aromatic rings. The number of hydrogen-bond acceptors (Lipinski definition) is 10. The molecule has 1 heterocycles. The van der Waals surface area contributed by atoms with Crippen molar-refractivity contribution in [1.29, 1.82) is 0 Å². The molecular formula is C44H68N4O6. The highest BCUT2D eigenvalue weighted by molar-refractivity contribution is 5.93. The van der Waals surface area contributed by atoms with E-state index in [1.807, 2.05) is 53.1 Å². The van der Waals surface area contributed by atoms with Crippen molar-refractivity contribution in [2.75, 3.05) is 65.1 Å². The molecule has 1 aliphatic rings. The van der Waals surface area contributed by atoms with E-state index in [-0.39, 0.29) is 18.1 Å². The first-order chi connectivity index (χ1) is 26.1. The van der Waals surface area contributed by atoms with Crippen LogP contribution < -0.4 is 20.9 Å². The number of ether oxygens (including phenoxy) is 4. The number of carbonyl (C=O) groups is 2. The monoisotopic (exact) mass is 749 g/mol. The number of nitrogens with two attached hydrogens (primary N) is 2. The van der Waals surface area contributed by atoms with E-state index < -0.39 is 5.97 Å². The number of nitrogen functional groups attached to an aromatic ring is 2. The summed E-state index contributed by atoms with van der Waals surface area (Å²) in [5, 5.41) is 0. The molecule has 1 saturated heterocycles. The largest absolute Gasteiger partial charge is 0.493 e. The van der Waals surface area contributed by atoms with Crippen LogP contribution in [0.4, 0.5) is 11.4 Å². The molecule has 0 radical (unpaired) electrons. The van der Waals surface area contributed by atoms with Gasteiger partial charge in [0, 0.05) is 35.6 Å². The Morgan fingerprint density at radius 1 is 0.778 bits per heavy atom. The van der Waals surface area contributed by atoms with Crippen LogP contribution in [0.25, 0.3) is 0 Å². The highest BCUT2D eigenvalue weighted by Crippen LogP contribution is 2.26. The first-order valence-corrected chi connectivity index (χ1v) is 19.9. The number of piperidine rings is 1. The Morgan fingerprint density at radius 2 is 1.33 bits per heavy atom. The second-order valence-electron chi connectivity index (χ2n) is 13.7. The van der Waals surface area contributed by atoms with Crippen molar-refractivity contribution in [1.82, 2.24) is 9.80 Å². The first-order valence-electron chi connectivity index (χ1n) is 19.9. The third-order valence-corrected chi connectivity index (χ3v) is 9.50. The minimum Gasteiger partial charge on any atom is -0.493 e. The standard InChI is InChI=1S/C22H36N2O3.C20H26N2O3.C2H6/c1-4-6-14-26-21-15-18(23)10-11-19(21)22(25)27-16-20(17(3)5-2)24-12-8-7-9-13-24;1-4-24-19-13-16(21)10-11-18(19)20(23)25-14-17(22(2)3)12-15-8-6-5-7-9-15;1-2/h10-11,15,17,20H,4-9,12-14,16,23H2,1-3H3;5-11,13,17H,4,12,14,21H2,1-3H3;1-2H3/t;17-;/m.0./s1. The lowest BCUT2D eigenvalue weighted by Gasteiger charge is -2.37. The lowest BCUT2D eigenvalue weighted by molar-refractivity contribution is 0.0207. The number of unbranched alkanes of at least 4 members (excludes halogenated alkanes) is 1. The molecule has 10 heteroatoms. The zero-order valence-electron chi connectivity index (χ0n) is 34.3. The zero-order valence-corrected chi connectivity index (χ0v) is 34.3. The van der Waals surface area contributed by atoms with Crippen LogP contribution in [0, 0.1) is 5.92 Å². The molecule has 0 bridgehead atoms. The fourth-order valence-corrected chi connectivity index (χ4v) is 6.05. The van der Waals surface area contributed by atoms with E-state index >= 15 is 0 Å². The Bertz CT molecular complexity index is 1500. The van der Waals surface area contributed by atoms with Gasteiger partial charge in [0.25, 0.3) is 0 Å². The number of nitrogens with zero attached hydrogens (tertiary/aromatic N) is 2. The maximum absolute atomic E-state index is 12.7. The molecule has 300 valence electrons. The van der Waals surface area contributed by atoms with Gasteiger partial charge in [-0.3, -0.25) is 4.90 Å². The first kappa shape index (κ1) is 45.9. The summed E-state index contributed by atoms with van der Waals surface area (Å²) in [7, 11) is 3.96. The molecule has 4 N–H and O–H groups in total. The Balaban J connectivity index is 0.000000358. The van der Waals surface area contributed by atoms with Gasteiger partial charge in [0.05, 0.1) is 13.2 Å². The maximum atomic E-state index is 12.7. The molecule has 2 unspecified atom stereocenters. The average molecular weight is 749 g/mol. The number of likely N-dealkylation sites (N-methyl/N-ethyl adjacent to an activating group) is 1. The van der Waals surface area contributed by atoms with Crippen LogP contribution in [0.3, 0.4) is 0 Å². The topological polar surface area (TPSA) is 130 Å². The van der Waals surface area contributed by atoms with Gasteiger partial charge in [-0.15, -0.1) is 0 Å². The Labute approximate surface area is 325 Å². The summed E-state index contributed by atoms with van der Waals surface area (Å²) in [6.45, 7) is 16.4. The Hall–Kier alpha value is -4.28. The van der Waals surface area contributed by atoms with E-state index in [2.05, 4.69) is 42.7 Å². The number of likely N-dealkylation sites (tertiary alicyclic amines) is 1. The van der Waals surface area contributed by atoms with Crippen LogP contribution in [0.1, 0.15) is 106 Å². The van der Waals surface area contributed by atoms with Gasteiger partial charge in [0.1, 0.15) is 35.8 Å². The van der Waals surface area contributed by atoms with Crippen molar-refractivity contribution >= 4 is 23.3 Å². The summed E-state index contributed by atoms with van der Waals surface area (Å²) in [6, 6.07) is 20.6. The fourth-order valence-electron chi connectivity index (χ4n) is 6.05. The molecule has 4 rings (SSSR count). The van der Waals surface area contributed by atoms with Gasteiger partial charge < -0.3 is 35.3 Å². The highest BCUT2D eigenvalue weighted by Gasteiger charge is 2.27. The molecule has 0 spiro atoms. The molecule has 1 aliphatic heterocycles. The summed E-state index contributed by atoms with van der Waals surface area (Å²) in [5.41, 5.74) is 14.8. The fraction of sp³-hybridized carbons (Fsp3) is 0.545. The maximum Gasteiger partial charge on any atom is 0.341 e. The average Bonchev–Trinajstić information content (AvgIpc) is 3.18. The van der Waals surface area contributed by atoms with E-state index in [1.54, 1.807) is 36.4 Å². The Kier molecular flexibility index (Phi) is 21.8. The van der Waals surface area contributed by atoms with Gasteiger partial charge in [-0.25, -0.2) is 9.59 Å². The third kappa shape index (κ3) is 15.6. The second kappa shape index (κ2) is 25.7. The summed E-state index contributed by atoms with van der Waals surface area (Å²) in [5.74, 6) is 0.737. The molecule has 10 nitrogen and oxygen atoms in total.